The van der Waals surface area contributed by atoms with Gasteiger partial charge < -0.3 is 9.47 Å². The lowest BCUT2D eigenvalue weighted by Gasteiger charge is -2.30. The maximum absolute atomic E-state index is 5.77. The van der Waals surface area contributed by atoms with Gasteiger partial charge in [0.2, 0.25) is 0 Å². The fraction of sp³-hybridized carbons (Fsp3) is 0.700. The average Bonchev–Trinajstić information content (AvgIpc) is 3.49. The summed E-state index contributed by atoms with van der Waals surface area (Å²) in [6.45, 7) is 0. The molecule has 5 rings (SSSR count). The molecular formula is C20H26BrO2P. The lowest BCUT2D eigenvalue weighted by molar-refractivity contribution is 0.367. The Hall–Kier alpha value is 0.0500. The molecule has 0 N–H and O–H groups in total. The summed E-state index contributed by atoms with van der Waals surface area (Å²) in [6, 6.07) is 9.20. The molecule has 2 heterocycles. The van der Waals surface area contributed by atoms with E-state index in [9.17, 15) is 0 Å². The van der Waals surface area contributed by atoms with E-state index in [0.29, 0.717) is 24.4 Å². The summed E-state index contributed by atoms with van der Waals surface area (Å²) in [5.74, 6) is 1.77. The quantitative estimate of drug-likeness (QED) is 0.521. The lowest BCUT2D eigenvalue weighted by atomic mass is 9.91. The van der Waals surface area contributed by atoms with Crippen molar-refractivity contribution in [1.29, 1.82) is 0 Å². The minimum atomic E-state index is -0.0469. The van der Waals surface area contributed by atoms with Crippen molar-refractivity contribution in [3.63, 3.8) is 0 Å². The average molecular weight is 409 g/mol. The molecule has 2 aliphatic carbocycles. The van der Waals surface area contributed by atoms with Gasteiger partial charge in [-0.2, -0.15) is 0 Å². The zero-order valence-corrected chi connectivity index (χ0v) is 16.6. The summed E-state index contributed by atoms with van der Waals surface area (Å²) >= 11 is 3.59. The van der Waals surface area contributed by atoms with Crippen molar-refractivity contribution in [3.8, 4) is 0 Å². The molecule has 0 bridgehead atoms. The van der Waals surface area contributed by atoms with E-state index in [1.807, 2.05) is 0 Å². The van der Waals surface area contributed by atoms with Crippen LogP contribution in [0.2, 0.25) is 0 Å². The van der Waals surface area contributed by atoms with Gasteiger partial charge in [-0.25, -0.2) is 0 Å². The van der Waals surface area contributed by atoms with Crippen molar-refractivity contribution in [1.82, 2.24) is 0 Å². The van der Waals surface area contributed by atoms with E-state index in [0.717, 1.165) is 11.8 Å². The molecule has 6 atom stereocenters. The second kappa shape index (κ2) is 6.65. The third-order valence-corrected chi connectivity index (χ3v) is 9.85. The van der Waals surface area contributed by atoms with Crippen molar-refractivity contribution >= 4 is 29.2 Å². The highest BCUT2D eigenvalue weighted by Gasteiger charge is 2.46. The van der Waals surface area contributed by atoms with Crippen LogP contribution in [0.5, 0.6) is 0 Å². The SMILES string of the molecule is Brc1ccc(P(CC2CCC3OC3C2)CC2CCC3OC3C2)cc1. The summed E-state index contributed by atoms with van der Waals surface area (Å²) in [4.78, 5) is 0. The highest BCUT2D eigenvalue weighted by Crippen LogP contribution is 2.49. The molecule has 24 heavy (non-hydrogen) atoms. The highest BCUT2D eigenvalue weighted by molar-refractivity contribution is 9.10. The number of fused-ring (bicyclic) bond motifs is 2. The molecule has 0 aromatic heterocycles. The predicted molar refractivity (Wildman–Crippen MR) is 102 cm³/mol. The summed E-state index contributed by atoms with van der Waals surface area (Å²) in [6.07, 6.45) is 13.3. The van der Waals surface area contributed by atoms with Crippen molar-refractivity contribution in [2.24, 2.45) is 11.8 Å². The number of ether oxygens (including phenoxy) is 2. The molecule has 2 saturated heterocycles. The van der Waals surface area contributed by atoms with Crippen LogP contribution in [0, 0.1) is 11.8 Å². The monoisotopic (exact) mass is 408 g/mol. The van der Waals surface area contributed by atoms with Crippen LogP contribution in [0.15, 0.2) is 28.7 Å². The molecule has 2 nitrogen and oxygen atoms in total. The highest BCUT2D eigenvalue weighted by atomic mass is 79.9. The van der Waals surface area contributed by atoms with Gasteiger partial charge in [0.25, 0.3) is 0 Å². The fourth-order valence-corrected chi connectivity index (χ4v) is 8.18. The number of halogens is 1. The van der Waals surface area contributed by atoms with Crippen molar-refractivity contribution < 1.29 is 9.47 Å². The van der Waals surface area contributed by atoms with Crippen LogP contribution < -0.4 is 5.30 Å². The first kappa shape index (κ1) is 16.2. The van der Waals surface area contributed by atoms with E-state index in [1.165, 1.54) is 55.3 Å². The molecule has 2 saturated carbocycles. The molecule has 0 spiro atoms. The normalized spacial score (nSPS) is 41.2. The topological polar surface area (TPSA) is 25.1 Å². The molecule has 1 aromatic carbocycles. The van der Waals surface area contributed by atoms with Crippen LogP contribution in [0.1, 0.15) is 38.5 Å². The van der Waals surface area contributed by atoms with Crippen molar-refractivity contribution in [2.45, 2.75) is 62.9 Å². The third kappa shape index (κ3) is 3.61. The number of hydrogen-bond donors (Lipinski definition) is 0. The minimum absolute atomic E-state index is 0.0469. The van der Waals surface area contributed by atoms with Crippen LogP contribution >= 0.6 is 23.9 Å². The molecule has 4 fully saturated rings. The first-order valence-corrected chi connectivity index (χ1v) is 12.1. The summed E-state index contributed by atoms with van der Waals surface area (Å²) < 4.78 is 12.7. The Kier molecular flexibility index (Phi) is 4.50. The Balaban J connectivity index is 1.28. The molecule has 0 amide bonds. The molecule has 130 valence electrons. The first-order chi connectivity index (χ1) is 11.7. The fourth-order valence-electron chi connectivity index (χ4n) is 4.87. The van der Waals surface area contributed by atoms with Crippen LogP contribution in [0.25, 0.3) is 0 Å². The van der Waals surface area contributed by atoms with Gasteiger partial charge in [-0.1, -0.05) is 36.0 Å². The van der Waals surface area contributed by atoms with Gasteiger partial charge in [0, 0.05) is 4.47 Å². The number of rotatable bonds is 5. The first-order valence-electron chi connectivity index (χ1n) is 9.56. The Labute approximate surface area is 154 Å². The summed E-state index contributed by atoms with van der Waals surface area (Å²) in [5, 5.41) is 1.60. The van der Waals surface area contributed by atoms with E-state index >= 15 is 0 Å². The van der Waals surface area contributed by atoms with Gasteiger partial charge in [-0.3, -0.25) is 0 Å². The molecule has 4 aliphatic rings. The van der Waals surface area contributed by atoms with Gasteiger partial charge in [-0.15, -0.1) is 0 Å². The van der Waals surface area contributed by atoms with Gasteiger partial charge in [0.15, 0.2) is 0 Å². The third-order valence-electron chi connectivity index (χ3n) is 6.37. The second-order valence-corrected chi connectivity index (χ2v) is 11.4. The number of benzene rings is 1. The lowest BCUT2D eigenvalue weighted by Crippen LogP contribution is -2.23. The molecule has 0 radical (unpaired) electrons. The largest absolute Gasteiger partial charge is 0.370 e. The molecule has 1 aromatic rings. The Bertz CT molecular complexity index is 562. The van der Waals surface area contributed by atoms with Gasteiger partial charge >= 0.3 is 0 Å². The van der Waals surface area contributed by atoms with E-state index in [-0.39, 0.29) is 7.92 Å². The molecule has 2 aliphatic heterocycles. The zero-order valence-electron chi connectivity index (χ0n) is 14.1. The number of epoxide rings is 2. The minimum Gasteiger partial charge on any atom is -0.370 e. The van der Waals surface area contributed by atoms with E-state index < -0.39 is 0 Å². The van der Waals surface area contributed by atoms with Gasteiger partial charge in [-0.05, 0) is 80.1 Å². The van der Waals surface area contributed by atoms with Gasteiger partial charge in [0.05, 0.1) is 24.4 Å². The Morgan fingerprint density at radius 2 is 1.33 bits per heavy atom. The summed E-state index contributed by atoms with van der Waals surface area (Å²) in [5.41, 5.74) is 0. The standard InChI is InChI=1S/C20H26BrO2P/c21-15-3-5-16(6-4-15)24(11-13-1-7-17-19(9-13)22-17)12-14-2-8-18-20(10-14)23-18/h3-6,13-14,17-20H,1-2,7-12H2. The predicted octanol–water partition coefficient (Wildman–Crippen LogP) is 4.69. The Morgan fingerprint density at radius 1 is 0.792 bits per heavy atom. The zero-order chi connectivity index (χ0) is 16.1. The van der Waals surface area contributed by atoms with Crippen LogP contribution in [0.3, 0.4) is 0 Å². The van der Waals surface area contributed by atoms with E-state index in [2.05, 4.69) is 40.2 Å². The Morgan fingerprint density at radius 3 is 1.83 bits per heavy atom. The van der Waals surface area contributed by atoms with E-state index in [1.54, 1.807) is 5.30 Å². The van der Waals surface area contributed by atoms with Crippen molar-refractivity contribution in [2.75, 3.05) is 12.3 Å². The number of hydrogen-bond acceptors (Lipinski definition) is 2. The van der Waals surface area contributed by atoms with Crippen LogP contribution in [-0.4, -0.2) is 36.7 Å². The maximum atomic E-state index is 5.77. The summed E-state index contributed by atoms with van der Waals surface area (Å²) in [7, 11) is -0.0469. The molecule has 6 unspecified atom stereocenters. The second-order valence-electron chi connectivity index (χ2n) is 8.17. The maximum Gasteiger partial charge on any atom is 0.0844 e. The van der Waals surface area contributed by atoms with E-state index in [4.69, 9.17) is 9.47 Å². The van der Waals surface area contributed by atoms with Crippen LogP contribution in [0.4, 0.5) is 0 Å². The van der Waals surface area contributed by atoms with Gasteiger partial charge in [0.1, 0.15) is 0 Å². The van der Waals surface area contributed by atoms with Crippen molar-refractivity contribution in [3.05, 3.63) is 28.7 Å². The smallest absolute Gasteiger partial charge is 0.0844 e. The molecule has 4 heteroatoms. The molecular weight excluding hydrogens is 383 g/mol. The van der Waals surface area contributed by atoms with Crippen LogP contribution in [-0.2, 0) is 9.47 Å².